The largest absolute Gasteiger partial charge is 0.393 e. The number of halogens is 1. The Labute approximate surface area is 128 Å². The number of rotatable bonds is 5. The van der Waals surface area contributed by atoms with Crippen LogP contribution in [0.3, 0.4) is 0 Å². The molecule has 3 rings (SSSR count). The molecule has 1 aromatic heterocycles. The molecule has 6 heteroatoms. The van der Waals surface area contributed by atoms with Gasteiger partial charge in [-0.2, -0.15) is 4.98 Å². The molecule has 0 radical (unpaired) electrons. The second kappa shape index (κ2) is 6.54. The normalized spacial score (nSPS) is 21.6. The van der Waals surface area contributed by atoms with E-state index in [1.54, 1.807) is 12.1 Å². The van der Waals surface area contributed by atoms with Crippen molar-refractivity contribution in [2.75, 3.05) is 13.6 Å². The van der Waals surface area contributed by atoms with Crippen molar-refractivity contribution in [3.8, 4) is 11.4 Å². The number of hydrogen-bond donors (Lipinski definition) is 1. The maximum absolute atomic E-state index is 12.9. The predicted molar refractivity (Wildman–Crippen MR) is 79.4 cm³/mol. The highest BCUT2D eigenvalue weighted by Gasteiger charge is 2.26. The van der Waals surface area contributed by atoms with Gasteiger partial charge in [0.1, 0.15) is 5.82 Å². The Morgan fingerprint density at radius 2 is 2.09 bits per heavy atom. The van der Waals surface area contributed by atoms with Crippen molar-refractivity contribution in [1.29, 1.82) is 0 Å². The molecule has 0 bridgehead atoms. The minimum absolute atomic E-state index is 0.195. The van der Waals surface area contributed by atoms with Crippen LogP contribution in [-0.4, -0.2) is 39.8 Å². The van der Waals surface area contributed by atoms with E-state index < -0.39 is 0 Å². The second-order valence-corrected chi connectivity index (χ2v) is 5.97. The smallest absolute Gasteiger partial charge is 0.241 e. The maximum atomic E-state index is 12.9. The van der Waals surface area contributed by atoms with Crippen LogP contribution in [0.25, 0.3) is 11.4 Å². The van der Waals surface area contributed by atoms with E-state index in [1.807, 2.05) is 7.05 Å². The molecular weight excluding hydrogens is 285 g/mol. The monoisotopic (exact) mass is 305 g/mol. The maximum Gasteiger partial charge on any atom is 0.241 e. The first kappa shape index (κ1) is 15.1. The van der Waals surface area contributed by atoms with Crippen LogP contribution in [0, 0.1) is 11.7 Å². The van der Waals surface area contributed by atoms with E-state index >= 15 is 0 Å². The number of aliphatic hydroxyl groups is 1. The van der Waals surface area contributed by atoms with Crippen molar-refractivity contribution in [3.63, 3.8) is 0 Å². The molecular formula is C16H20FN3O2. The third-order valence-electron chi connectivity index (χ3n) is 4.14. The number of aliphatic hydroxyl groups excluding tert-OH is 1. The lowest BCUT2D eigenvalue weighted by Gasteiger charge is -2.21. The highest BCUT2D eigenvalue weighted by Crippen LogP contribution is 2.26. The molecule has 22 heavy (non-hydrogen) atoms. The van der Waals surface area contributed by atoms with Gasteiger partial charge in [-0.3, -0.25) is 4.90 Å². The Morgan fingerprint density at radius 3 is 2.77 bits per heavy atom. The molecule has 1 aromatic carbocycles. The van der Waals surface area contributed by atoms with Gasteiger partial charge < -0.3 is 9.63 Å². The highest BCUT2D eigenvalue weighted by atomic mass is 19.1. The van der Waals surface area contributed by atoms with E-state index in [0.29, 0.717) is 24.2 Å². The molecule has 1 N–H and O–H groups in total. The van der Waals surface area contributed by atoms with Crippen LogP contribution in [0.15, 0.2) is 28.8 Å². The van der Waals surface area contributed by atoms with Crippen molar-refractivity contribution in [2.24, 2.45) is 5.92 Å². The summed E-state index contributed by atoms with van der Waals surface area (Å²) in [5, 5.41) is 13.8. The van der Waals surface area contributed by atoms with Crippen LogP contribution < -0.4 is 0 Å². The van der Waals surface area contributed by atoms with Gasteiger partial charge >= 0.3 is 0 Å². The van der Waals surface area contributed by atoms with Crippen molar-refractivity contribution >= 4 is 0 Å². The molecule has 118 valence electrons. The van der Waals surface area contributed by atoms with Crippen LogP contribution in [0.2, 0.25) is 0 Å². The first-order valence-electron chi connectivity index (χ1n) is 7.57. The summed E-state index contributed by atoms with van der Waals surface area (Å²) in [4.78, 5) is 6.42. The third-order valence-corrected chi connectivity index (χ3v) is 4.14. The summed E-state index contributed by atoms with van der Waals surface area (Å²) in [6.07, 6.45) is 2.86. The van der Waals surface area contributed by atoms with Gasteiger partial charge in [-0.15, -0.1) is 0 Å². The molecule has 1 heterocycles. The van der Waals surface area contributed by atoms with Gasteiger partial charge in [-0.25, -0.2) is 4.39 Å². The van der Waals surface area contributed by atoms with Crippen molar-refractivity contribution in [3.05, 3.63) is 36.0 Å². The standard InChI is InChI=1S/C16H20FN3O2/c1-20(9-12-3-2-4-14(12)21)10-15-18-16(19-22-15)11-5-7-13(17)8-6-11/h5-8,12,14,21H,2-4,9-10H2,1H3. The number of nitrogens with zero attached hydrogens (tertiary/aromatic N) is 3. The Morgan fingerprint density at radius 1 is 1.32 bits per heavy atom. The molecule has 5 nitrogen and oxygen atoms in total. The lowest BCUT2D eigenvalue weighted by atomic mass is 10.1. The van der Waals surface area contributed by atoms with Gasteiger partial charge in [0.05, 0.1) is 12.6 Å². The van der Waals surface area contributed by atoms with Crippen molar-refractivity contribution < 1.29 is 14.0 Å². The molecule has 0 spiro atoms. The highest BCUT2D eigenvalue weighted by molar-refractivity contribution is 5.53. The predicted octanol–water partition coefficient (Wildman–Crippen LogP) is 2.47. The first-order chi connectivity index (χ1) is 10.6. The topological polar surface area (TPSA) is 62.4 Å². The fourth-order valence-corrected chi connectivity index (χ4v) is 2.96. The number of aromatic nitrogens is 2. The van der Waals surface area contributed by atoms with Gasteiger partial charge in [0.25, 0.3) is 0 Å². The summed E-state index contributed by atoms with van der Waals surface area (Å²) in [7, 11) is 1.98. The van der Waals surface area contributed by atoms with Crippen LogP contribution in [0.5, 0.6) is 0 Å². The summed E-state index contributed by atoms with van der Waals surface area (Å²) in [5.41, 5.74) is 0.727. The minimum Gasteiger partial charge on any atom is -0.393 e. The van der Waals surface area contributed by atoms with E-state index in [-0.39, 0.29) is 11.9 Å². The average molecular weight is 305 g/mol. The van der Waals surface area contributed by atoms with Gasteiger partial charge in [0.2, 0.25) is 11.7 Å². The Balaban J connectivity index is 1.60. The summed E-state index contributed by atoms with van der Waals surface area (Å²) in [5.74, 6) is 1.02. The number of hydrogen-bond acceptors (Lipinski definition) is 5. The molecule has 1 aliphatic rings. The zero-order valence-corrected chi connectivity index (χ0v) is 12.6. The van der Waals surface area contributed by atoms with Gasteiger partial charge in [0.15, 0.2) is 0 Å². The molecule has 1 fully saturated rings. The lowest BCUT2D eigenvalue weighted by molar-refractivity contribution is 0.104. The summed E-state index contributed by atoms with van der Waals surface area (Å²) >= 11 is 0. The van der Waals surface area contributed by atoms with E-state index in [0.717, 1.165) is 31.4 Å². The fraction of sp³-hybridized carbons (Fsp3) is 0.500. The van der Waals surface area contributed by atoms with Crippen LogP contribution in [0.4, 0.5) is 4.39 Å². The molecule has 0 saturated heterocycles. The van der Waals surface area contributed by atoms with Crippen LogP contribution in [-0.2, 0) is 6.54 Å². The second-order valence-electron chi connectivity index (χ2n) is 5.97. The van der Waals surface area contributed by atoms with Crippen molar-refractivity contribution in [2.45, 2.75) is 31.9 Å². The quantitative estimate of drug-likeness (QED) is 0.919. The molecule has 2 atom stereocenters. The zero-order valence-electron chi connectivity index (χ0n) is 12.6. The number of benzene rings is 1. The van der Waals surface area contributed by atoms with Gasteiger partial charge in [0, 0.05) is 12.1 Å². The fourth-order valence-electron chi connectivity index (χ4n) is 2.96. The van der Waals surface area contributed by atoms with E-state index in [1.165, 1.54) is 12.1 Å². The third kappa shape index (κ3) is 3.51. The van der Waals surface area contributed by atoms with Gasteiger partial charge in [-0.05, 0) is 50.1 Å². The van der Waals surface area contributed by atoms with Crippen LogP contribution in [0.1, 0.15) is 25.2 Å². The SMILES string of the molecule is CN(Cc1nc(-c2ccc(F)cc2)no1)CC1CCCC1O. The summed E-state index contributed by atoms with van der Waals surface area (Å²) < 4.78 is 18.2. The molecule has 2 unspecified atom stereocenters. The van der Waals surface area contributed by atoms with E-state index in [9.17, 15) is 9.50 Å². The molecule has 1 saturated carbocycles. The van der Waals surface area contributed by atoms with E-state index in [4.69, 9.17) is 4.52 Å². The van der Waals surface area contributed by atoms with E-state index in [2.05, 4.69) is 15.0 Å². The Hall–Kier alpha value is -1.79. The van der Waals surface area contributed by atoms with Crippen molar-refractivity contribution in [1.82, 2.24) is 15.0 Å². The zero-order chi connectivity index (χ0) is 15.5. The molecule has 1 aliphatic carbocycles. The first-order valence-corrected chi connectivity index (χ1v) is 7.57. The van der Waals surface area contributed by atoms with Crippen LogP contribution >= 0.6 is 0 Å². The summed E-state index contributed by atoms with van der Waals surface area (Å²) in [6, 6.07) is 6.00. The lowest BCUT2D eigenvalue weighted by Crippen LogP contribution is -2.29. The summed E-state index contributed by atoms with van der Waals surface area (Å²) in [6.45, 7) is 1.35. The van der Waals surface area contributed by atoms with Gasteiger partial charge in [-0.1, -0.05) is 11.6 Å². The Bertz CT molecular complexity index is 614. The molecule has 2 aromatic rings. The average Bonchev–Trinajstić information content (AvgIpc) is 3.10. The molecule has 0 aliphatic heterocycles. The minimum atomic E-state index is -0.290. The Kier molecular flexibility index (Phi) is 4.49. The molecule has 0 amide bonds.